The summed E-state index contributed by atoms with van der Waals surface area (Å²) in [6.45, 7) is 1.25. The van der Waals surface area contributed by atoms with Gasteiger partial charge in [0.1, 0.15) is 11.6 Å². The average molecular weight is 281 g/mol. The molecule has 5 heteroatoms. The van der Waals surface area contributed by atoms with Gasteiger partial charge in [-0.05, 0) is 36.6 Å². The summed E-state index contributed by atoms with van der Waals surface area (Å²) in [7, 11) is 1.56. The molecule has 2 aliphatic rings. The summed E-state index contributed by atoms with van der Waals surface area (Å²) in [6.07, 6.45) is 1.63. The largest absolute Gasteiger partial charge is 0.496 e. The first-order valence-electron chi connectivity index (χ1n) is 6.96. The van der Waals surface area contributed by atoms with E-state index in [-0.39, 0.29) is 17.9 Å². The zero-order chi connectivity index (χ0) is 14.2. The molecule has 0 saturated carbocycles. The minimum atomic E-state index is -0.828. The topological polar surface area (TPSA) is 50.7 Å². The molecule has 3 rings (SSSR count). The van der Waals surface area contributed by atoms with E-state index in [9.17, 15) is 9.50 Å². The average Bonchev–Trinajstić information content (AvgIpc) is 2.37. The van der Waals surface area contributed by atoms with Crippen molar-refractivity contribution in [1.29, 1.82) is 0 Å². The number of morpholine rings is 1. The molecule has 0 radical (unpaired) electrons. The molecule has 110 valence electrons. The van der Waals surface area contributed by atoms with E-state index in [1.54, 1.807) is 13.2 Å². The number of piperidine rings is 1. The summed E-state index contributed by atoms with van der Waals surface area (Å²) in [5.41, 5.74) is -0.110. The van der Waals surface area contributed by atoms with Crippen LogP contribution in [0.4, 0.5) is 4.39 Å². The zero-order valence-electron chi connectivity index (χ0n) is 11.6. The Hall–Kier alpha value is -1.17. The number of rotatable bonds is 3. The number of halogens is 1. The standard InChI is InChI=1S/C15H20FNO3/c1-19-14-3-2-11(16)4-10(14)5-15(18)6-12-8-20-9-13(7-15)17-12/h2-4,12-13,17-18H,5-9H2,1H3. The Kier molecular flexibility index (Phi) is 3.67. The summed E-state index contributed by atoms with van der Waals surface area (Å²) in [4.78, 5) is 0. The van der Waals surface area contributed by atoms with Gasteiger partial charge < -0.3 is 19.9 Å². The fraction of sp³-hybridized carbons (Fsp3) is 0.600. The highest BCUT2D eigenvalue weighted by molar-refractivity contribution is 5.35. The van der Waals surface area contributed by atoms with E-state index in [0.29, 0.717) is 38.2 Å². The molecule has 2 fully saturated rings. The first-order chi connectivity index (χ1) is 9.58. The minimum absolute atomic E-state index is 0.173. The third-order valence-electron chi connectivity index (χ3n) is 4.12. The normalized spacial score (nSPS) is 33.0. The van der Waals surface area contributed by atoms with Crippen molar-refractivity contribution in [2.45, 2.75) is 36.9 Å². The van der Waals surface area contributed by atoms with Crippen LogP contribution in [-0.2, 0) is 11.2 Å². The summed E-state index contributed by atoms with van der Waals surface area (Å²) in [6, 6.07) is 4.78. The molecule has 0 amide bonds. The van der Waals surface area contributed by atoms with Crippen LogP contribution in [-0.4, -0.2) is 43.1 Å². The number of benzene rings is 1. The van der Waals surface area contributed by atoms with E-state index in [4.69, 9.17) is 9.47 Å². The summed E-state index contributed by atoms with van der Waals surface area (Å²) < 4.78 is 24.2. The quantitative estimate of drug-likeness (QED) is 0.876. The zero-order valence-corrected chi connectivity index (χ0v) is 11.6. The number of aliphatic hydroxyl groups is 1. The van der Waals surface area contributed by atoms with Gasteiger partial charge in [-0.25, -0.2) is 4.39 Å². The monoisotopic (exact) mass is 281 g/mol. The van der Waals surface area contributed by atoms with Crippen LogP contribution in [0.2, 0.25) is 0 Å². The first-order valence-corrected chi connectivity index (χ1v) is 6.96. The van der Waals surface area contributed by atoms with Gasteiger partial charge in [-0.2, -0.15) is 0 Å². The van der Waals surface area contributed by atoms with Crippen LogP contribution < -0.4 is 10.1 Å². The Bertz CT molecular complexity index is 482. The van der Waals surface area contributed by atoms with Crippen LogP contribution in [0.5, 0.6) is 5.75 Å². The maximum absolute atomic E-state index is 13.4. The summed E-state index contributed by atoms with van der Waals surface area (Å²) >= 11 is 0. The van der Waals surface area contributed by atoms with Crippen LogP contribution in [0.25, 0.3) is 0 Å². The Morgan fingerprint density at radius 3 is 2.75 bits per heavy atom. The van der Waals surface area contributed by atoms with E-state index < -0.39 is 5.60 Å². The molecular formula is C15H20FNO3. The minimum Gasteiger partial charge on any atom is -0.496 e. The van der Waals surface area contributed by atoms with Gasteiger partial charge >= 0.3 is 0 Å². The van der Waals surface area contributed by atoms with Crippen molar-refractivity contribution < 1.29 is 19.0 Å². The molecule has 20 heavy (non-hydrogen) atoms. The van der Waals surface area contributed by atoms with Gasteiger partial charge in [0.05, 0.1) is 25.9 Å². The van der Waals surface area contributed by atoms with Crippen molar-refractivity contribution in [2.24, 2.45) is 0 Å². The maximum Gasteiger partial charge on any atom is 0.123 e. The molecule has 1 aromatic carbocycles. The Balaban J connectivity index is 1.81. The van der Waals surface area contributed by atoms with Crippen LogP contribution in [0.1, 0.15) is 18.4 Å². The molecular weight excluding hydrogens is 261 g/mol. The van der Waals surface area contributed by atoms with Crippen molar-refractivity contribution in [3.63, 3.8) is 0 Å². The van der Waals surface area contributed by atoms with Crippen molar-refractivity contribution in [2.75, 3.05) is 20.3 Å². The first kappa shape index (κ1) is 13.8. The third kappa shape index (κ3) is 2.80. The lowest BCUT2D eigenvalue weighted by Gasteiger charge is -2.45. The number of hydrogen-bond acceptors (Lipinski definition) is 4. The fourth-order valence-corrected chi connectivity index (χ4v) is 3.40. The lowest BCUT2D eigenvalue weighted by molar-refractivity contribution is -0.0757. The fourth-order valence-electron chi connectivity index (χ4n) is 3.40. The SMILES string of the molecule is COc1ccc(F)cc1CC1(O)CC2COCC(C1)N2. The second-order valence-electron chi connectivity index (χ2n) is 5.86. The molecule has 2 aliphatic heterocycles. The lowest BCUT2D eigenvalue weighted by atomic mass is 9.79. The highest BCUT2D eigenvalue weighted by atomic mass is 19.1. The van der Waals surface area contributed by atoms with Crippen molar-refractivity contribution in [3.8, 4) is 5.75 Å². The van der Waals surface area contributed by atoms with Gasteiger partial charge in [-0.1, -0.05) is 0 Å². The van der Waals surface area contributed by atoms with Crippen LogP contribution in [0.3, 0.4) is 0 Å². The van der Waals surface area contributed by atoms with Gasteiger partial charge in [0, 0.05) is 18.5 Å². The number of hydrogen-bond donors (Lipinski definition) is 2. The Morgan fingerprint density at radius 2 is 2.10 bits per heavy atom. The van der Waals surface area contributed by atoms with Crippen LogP contribution in [0.15, 0.2) is 18.2 Å². The van der Waals surface area contributed by atoms with Crippen molar-refractivity contribution in [1.82, 2.24) is 5.32 Å². The summed E-state index contributed by atoms with van der Waals surface area (Å²) in [5, 5.41) is 14.3. The highest BCUT2D eigenvalue weighted by Crippen LogP contribution is 2.33. The Labute approximate surface area is 117 Å². The molecule has 0 aromatic heterocycles. The smallest absolute Gasteiger partial charge is 0.123 e. The van der Waals surface area contributed by atoms with Gasteiger partial charge in [0.2, 0.25) is 0 Å². The van der Waals surface area contributed by atoms with Crippen molar-refractivity contribution in [3.05, 3.63) is 29.6 Å². The van der Waals surface area contributed by atoms with E-state index in [1.165, 1.54) is 12.1 Å². The van der Waals surface area contributed by atoms with Crippen LogP contribution >= 0.6 is 0 Å². The van der Waals surface area contributed by atoms with E-state index in [1.807, 2.05) is 0 Å². The number of ether oxygens (including phenoxy) is 2. The van der Waals surface area contributed by atoms with Gasteiger partial charge in [0.25, 0.3) is 0 Å². The Morgan fingerprint density at radius 1 is 1.40 bits per heavy atom. The number of fused-ring (bicyclic) bond motifs is 2. The molecule has 0 spiro atoms. The van der Waals surface area contributed by atoms with Crippen LogP contribution in [0, 0.1) is 5.82 Å². The van der Waals surface area contributed by atoms with E-state index >= 15 is 0 Å². The molecule has 0 aliphatic carbocycles. The molecule has 2 unspecified atom stereocenters. The van der Waals surface area contributed by atoms with E-state index in [2.05, 4.69) is 5.32 Å². The molecule has 2 atom stereocenters. The number of methoxy groups -OCH3 is 1. The lowest BCUT2D eigenvalue weighted by Crippen LogP contribution is -2.60. The maximum atomic E-state index is 13.4. The molecule has 2 bridgehead atoms. The number of nitrogens with one attached hydrogen (secondary N) is 1. The molecule has 2 heterocycles. The van der Waals surface area contributed by atoms with Gasteiger partial charge in [-0.3, -0.25) is 0 Å². The third-order valence-corrected chi connectivity index (χ3v) is 4.12. The predicted molar refractivity (Wildman–Crippen MR) is 72.4 cm³/mol. The highest BCUT2D eigenvalue weighted by Gasteiger charge is 2.41. The van der Waals surface area contributed by atoms with Crippen molar-refractivity contribution >= 4 is 0 Å². The molecule has 2 N–H and O–H groups in total. The second kappa shape index (κ2) is 5.31. The molecule has 4 nitrogen and oxygen atoms in total. The summed E-state index contributed by atoms with van der Waals surface area (Å²) in [5.74, 6) is 0.321. The predicted octanol–water partition coefficient (Wildman–Crippen LogP) is 1.26. The van der Waals surface area contributed by atoms with E-state index in [0.717, 1.165) is 5.56 Å². The molecule has 2 saturated heterocycles. The second-order valence-corrected chi connectivity index (χ2v) is 5.86. The molecule has 1 aromatic rings. The van der Waals surface area contributed by atoms with Gasteiger partial charge in [-0.15, -0.1) is 0 Å². The van der Waals surface area contributed by atoms with Gasteiger partial charge in [0.15, 0.2) is 0 Å².